The Hall–Kier alpha value is 0.285. The molecule has 9 heteroatoms. The number of carboxylic acid groups (broad SMARTS) is 1. The summed E-state index contributed by atoms with van der Waals surface area (Å²) in [5.74, 6) is -0.969. The van der Waals surface area contributed by atoms with Gasteiger partial charge in [-0.15, -0.1) is 37.2 Å². The molecule has 0 aromatic heterocycles. The van der Waals surface area contributed by atoms with Crippen LogP contribution in [-0.2, 0) is 4.79 Å². The number of rotatable bonds is 5. The van der Waals surface area contributed by atoms with Crippen LogP contribution in [0.2, 0.25) is 6.32 Å². The SMILES string of the molecule is Cl.Cl.Cl.O=C(O)C1CCN(CCCB(O)O)C1. The summed E-state index contributed by atoms with van der Waals surface area (Å²) < 4.78 is 0. The minimum absolute atomic E-state index is 0. The van der Waals surface area contributed by atoms with Crippen LogP contribution in [0.25, 0.3) is 0 Å². The predicted molar refractivity (Wildman–Crippen MR) is 73.5 cm³/mol. The summed E-state index contributed by atoms with van der Waals surface area (Å²) >= 11 is 0. The lowest BCUT2D eigenvalue weighted by Crippen LogP contribution is -2.25. The van der Waals surface area contributed by atoms with Crippen molar-refractivity contribution in [2.24, 2.45) is 5.92 Å². The Balaban J connectivity index is -0.000000653. The van der Waals surface area contributed by atoms with Gasteiger partial charge in [0.05, 0.1) is 5.92 Å². The van der Waals surface area contributed by atoms with Gasteiger partial charge in [-0.3, -0.25) is 4.79 Å². The minimum Gasteiger partial charge on any atom is -0.481 e. The van der Waals surface area contributed by atoms with Gasteiger partial charge in [0.25, 0.3) is 0 Å². The standard InChI is InChI=1S/C8H16BNO4.3ClH/c11-8(12)7-2-5-10(6-7)4-1-3-9(13)14;;;/h7,13-14H,1-6H2,(H,11,12);3*1H. The maximum Gasteiger partial charge on any atom is 0.451 e. The molecule has 0 aromatic carbocycles. The topological polar surface area (TPSA) is 81.0 Å². The first-order valence-electron chi connectivity index (χ1n) is 4.91. The van der Waals surface area contributed by atoms with Crippen molar-refractivity contribution in [3.8, 4) is 0 Å². The molecular weight excluding hydrogens is 291 g/mol. The molecule has 1 aliphatic heterocycles. The average Bonchev–Trinajstić information content (AvgIpc) is 2.52. The summed E-state index contributed by atoms with van der Waals surface area (Å²) in [7, 11) is -1.24. The Morgan fingerprint density at radius 3 is 2.29 bits per heavy atom. The molecule has 3 N–H and O–H groups in total. The van der Waals surface area contributed by atoms with Crippen LogP contribution in [-0.4, -0.2) is 52.8 Å². The van der Waals surface area contributed by atoms with Crippen LogP contribution in [0.3, 0.4) is 0 Å². The van der Waals surface area contributed by atoms with E-state index in [4.69, 9.17) is 15.2 Å². The molecule has 0 saturated carbocycles. The molecule has 1 heterocycles. The molecule has 104 valence electrons. The molecule has 1 unspecified atom stereocenters. The van der Waals surface area contributed by atoms with E-state index in [2.05, 4.69) is 4.90 Å². The quantitative estimate of drug-likeness (QED) is 0.645. The van der Waals surface area contributed by atoms with Crippen LogP contribution < -0.4 is 0 Å². The van der Waals surface area contributed by atoms with E-state index >= 15 is 0 Å². The second-order valence-electron chi connectivity index (χ2n) is 3.75. The first kappa shape index (κ1) is 22.5. The van der Waals surface area contributed by atoms with Gasteiger partial charge in [-0.1, -0.05) is 0 Å². The van der Waals surface area contributed by atoms with E-state index in [1.807, 2.05) is 0 Å². The number of hydrogen-bond donors (Lipinski definition) is 3. The van der Waals surface area contributed by atoms with Crippen LogP contribution in [0.4, 0.5) is 0 Å². The lowest BCUT2D eigenvalue weighted by atomic mass is 9.84. The molecule has 17 heavy (non-hydrogen) atoms. The number of likely N-dealkylation sites (tertiary alicyclic amines) is 1. The fourth-order valence-corrected chi connectivity index (χ4v) is 1.73. The van der Waals surface area contributed by atoms with Gasteiger partial charge < -0.3 is 20.1 Å². The van der Waals surface area contributed by atoms with Crippen molar-refractivity contribution < 1.29 is 19.9 Å². The van der Waals surface area contributed by atoms with Crippen molar-refractivity contribution in [3.05, 3.63) is 0 Å². The van der Waals surface area contributed by atoms with Gasteiger partial charge in [-0.05, 0) is 32.3 Å². The Labute approximate surface area is 120 Å². The second-order valence-corrected chi connectivity index (χ2v) is 3.75. The molecule has 1 aliphatic rings. The molecule has 1 saturated heterocycles. The molecule has 0 aliphatic carbocycles. The summed E-state index contributed by atoms with van der Waals surface area (Å²) in [6.07, 6.45) is 1.76. The van der Waals surface area contributed by atoms with Gasteiger partial charge in [0.2, 0.25) is 0 Å². The van der Waals surface area contributed by atoms with Gasteiger partial charge in [-0.25, -0.2) is 0 Å². The van der Waals surface area contributed by atoms with Gasteiger partial charge >= 0.3 is 13.1 Å². The highest BCUT2D eigenvalue weighted by Crippen LogP contribution is 2.16. The zero-order valence-electron chi connectivity index (χ0n) is 9.32. The molecular formula is C8H19BCl3NO4. The highest BCUT2D eigenvalue weighted by molar-refractivity contribution is 6.40. The molecule has 0 amide bonds. The Morgan fingerprint density at radius 2 is 1.88 bits per heavy atom. The minimum atomic E-state index is -1.24. The maximum absolute atomic E-state index is 10.6. The molecule has 1 rings (SSSR count). The molecule has 0 aromatic rings. The summed E-state index contributed by atoms with van der Waals surface area (Å²) in [5.41, 5.74) is 0. The van der Waals surface area contributed by atoms with Crippen LogP contribution in [0.1, 0.15) is 12.8 Å². The first-order chi connectivity index (χ1) is 6.59. The third-order valence-corrected chi connectivity index (χ3v) is 2.56. The van der Waals surface area contributed by atoms with Crippen molar-refractivity contribution >= 4 is 50.3 Å². The van der Waals surface area contributed by atoms with Crippen molar-refractivity contribution in [2.75, 3.05) is 19.6 Å². The van der Waals surface area contributed by atoms with Crippen LogP contribution in [0, 0.1) is 5.92 Å². The number of aliphatic carboxylic acids is 1. The number of carbonyl (C=O) groups is 1. The Bertz CT molecular complexity index is 211. The van der Waals surface area contributed by atoms with E-state index in [0.29, 0.717) is 25.7 Å². The molecule has 1 fully saturated rings. The Morgan fingerprint density at radius 1 is 1.29 bits per heavy atom. The van der Waals surface area contributed by atoms with E-state index < -0.39 is 13.1 Å². The number of nitrogens with zero attached hydrogens (tertiary/aromatic N) is 1. The monoisotopic (exact) mass is 309 g/mol. The van der Waals surface area contributed by atoms with Crippen LogP contribution >= 0.6 is 37.2 Å². The van der Waals surface area contributed by atoms with E-state index in [-0.39, 0.29) is 43.1 Å². The van der Waals surface area contributed by atoms with Crippen LogP contribution in [0.15, 0.2) is 0 Å². The second kappa shape index (κ2) is 11.4. The fraction of sp³-hybridized carbons (Fsp3) is 0.875. The highest BCUT2D eigenvalue weighted by atomic mass is 35.5. The van der Waals surface area contributed by atoms with E-state index in [1.54, 1.807) is 0 Å². The zero-order valence-corrected chi connectivity index (χ0v) is 11.8. The van der Waals surface area contributed by atoms with E-state index in [1.165, 1.54) is 0 Å². The third-order valence-electron chi connectivity index (χ3n) is 2.56. The number of carboxylic acids is 1. The molecule has 0 spiro atoms. The van der Waals surface area contributed by atoms with Gasteiger partial charge in [-0.2, -0.15) is 0 Å². The maximum atomic E-state index is 10.6. The number of hydrogen-bond acceptors (Lipinski definition) is 4. The normalized spacial score (nSPS) is 18.6. The molecule has 0 bridgehead atoms. The summed E-state index contributed by atoms with van der Waals surface area (Å²) in [6.45, 7) is 2.15. The molecule has 0 radical (unpaired) electrons. The molecule has 1 atom stereocenters. The van der Waals surface area contributed by atoms with Gasteiger partial charge in [0.1, 0.15) is 0 Å². The fourth-order valence-electron chi connectivity index (χ4n) is 1.73. The lowest BCUT2D eigenvalue weighted by Gasteiger charge is -2.14. The summed E-state index contributed by atoms with van der Waals surface area (Å²) in [4.78, 5) is 12.7. The first-order valence-corrected chi connectivity index (χ1v) is 4.91. The van der Waals surface area contributed by atoms with Crippen LogP contribution in [0.5, 0.6) is 0 Å². The van der Waals surface area contributed by atoms with Crippen molar-refractivity contribution in [1.82, 2.24) is 4.90 Å². The number of halogens is 3. The van der Waals surface area contributed by atoms with Gasteiger partial charge in [0.15, 0.2) is 0 Å². The lowest BCUT2D eigenvalue weighted by molar-refractivity contribution is -0.141. The Kier molecular flexibility index (Phi) is 15.0. The smallest absolute Gasteiger partial charge is 0.451 e. The van der Waals surface area contributed by atoms with Gasteiger partial charge in [0, 0.05) is 6.54 Å². The predicted octanol–water partition coefficient (Wildman–Crippen LogP) is 0.521. The molecule has 5 nitrogen and oxygen atoms in total. The van der Waals surface area contributed by atoms with Crippen molar-refractivity contribution in [3.63, 3.8) is 0 Å². The zero-order chi connectivity index (χ0) is 10.6. The largest absolute Gasteiger partial charge is 0.481 e. The van der Waals surface area contributed by atoms with Crippen molar-refractivity contribution in [2.45, 2.75) is 19.2 Å². The van der Waals surface area contributed by atoms with E-state index in [9.17, 15) is 4.79 Å². The summed E-state index contributed by atoms with van der Waals surface area (Å²) in [6, 6.07) is 0. The summed E-state index contributed by atoms with van der Waals surface area (Å²) in [5, 5.41) is 26.0. The highest BCUT2D eigenvalue weighted by Gasteiger charge is 2.27. The van der Waals surface area contributed by atoms with Crippen molar-refractivity contribution in [1.29, 1.82) is 0 Å². The third kappa shape index (κ3) is 8.94. The van der Waals surface area contributed by atoms with E-state index in [0.717, 1.165) is 13.1 Å². The average molecular weight is 310 g/mol.